The number of hydrogen-bond donors (Lipinski definition) is 1. The van der Waals surface area contributed by atoms with Crippen molar-refractivity contribution in [1.29, 1.82) is 0 Å². The van der Waals surface area contributed by atoms with Crippen LogP contribution in [0.5, 0.6) is 0 Å². The summed E-state index contributed by atoms with van der Waals surface area (Å²) in [5.74, 6) is 0.466. The van der Waals surface area contributed by atoms with Gasteiger partial charge >= 0.3 is 0 Å². The second-order valence-electron chi connectivity index (χ2n) is 10.2. The molecule has 2 aliphatic rings. The number of halogens is 1. The number of amides is 1. The van der Waals surface area contributed by atoms with Crippen LogP contribution in [0.4, 0.5) is 15.8 Å². The van der Waals surface area contributed by atoms with Gasteiger partial charge in [0.25, 0.3) is 0 Å². The fourth-order valence-electron chi connectivity index (χ4n) is 4.60. The van der Waals surface area contributed by atoms with Crippen molar-refractivity contribution in [3.63, 3.8) is 0 Å². The first-order valence-electron chi connectivity index (χ1n) is 11.2. The van der Waals surface area contributed by atoms with E-state index in [1.54, 1.807) is 12.1 Å². The minimum Gasteiger partial charge on any atom is -0.367 e. The number of fused-ring (bicyclic) bond motifs is 1. The van der Waals surface area contributed by atoms with Crippen molar-refractivity contribution in [2.75, 3.05) is 16.8 Å². The first-order chi connectivity index (χ1) is 14.2. The molecule has 1 heterocycles. The van der Waals surface area contributed by atoms with Crippen molar-refractivity contribution in [2.24, 2.45) is 5.41 Å². The third-order valence-corrected chi connectivity index (χ3v) is 6.40. The molecule has 1 saturated carbocycles. The number of aryl methyl sites for hydroxylation is 1. The Balaban J connectivity index is 1.62. The summed E-state index contributed by atoms with van der Waals surface area (Å²) in [5.41, 5.74) is 6.91. The first kappa shape index (κ1) is 20.9. The molecule has 1 N–H and O–H groups in total. The summed E-state index contributed by atoms with van der Waals surface area (Å²) in [4.78, 5) is 15.0. The SMILES string of the molecule is Cc1cc(N2CCc3cc(F)ccc3C2)cc(C2CCC2)c1NC(=O)CC(C)(C)C. The van der Waals surface area contributed by atoms with E-state index in [2.05, 4.69) is 50.0 Å². The van der Waals surface area contributed by atoms with Gasteiger partial charge in [-0.15, -0.1) is 0 Å². The van der Waals surface area contributed by atoms with Gasteiger partial charge in [0.2, 0.25) is 5.91 Å². The van der Waals surface area contributed by atoms with Crippen LogP contribution in [0.15, 0.2) is 30.3 Å². The molecule has 160 valence electrons. The van der Waals surface area contributed by atoms with Crippen molar-refractivity contribution >= 4 is 17.3 Å². The average molecular weight is 409 g/mol. The molecule has 30 heavy (non-hydrogen) atoms. The molecule has 0 radical (unpaired) electrons. The largest absolute Gasteiger partial charge is 0.367 e. The third kappa shape index (κ3) is 4.53. The number of hydrogen-bond acceptors (Lipinski definition) is 2. The van der Waals surface area contributed by atoms with Crippen molar-refractivity contribution in [3.05, 3.63) is 58.4 Å². The highest BCUT2D eigenvalue weighted by Gasteiger charge is 2.27. The Morgan fingerprint density at radius 3 is 2.60 bits per heavy atom. The van der Waals surface area contributed by atoms with Crippen molar-refractivity contribution in [3.8, 4) is 0 Å². The van der Waals surface area contributed by atoms with E-state index in [9.17, 15) is 9.18 Å². The van der Waals surface area contributed by atoms with Crippen LogP contribution in [0.2, 0.25) is 0 Å². The maximum Gasteiger partial charge on any atom is 0.224 e. The predicted molar refractivity (Wildman–Crippen MR) is 122 cm³/mol. The summed E-state index contributed by atoms with van der Waals surface area (Å²) in [6.07, 6.45) is 5.00. The summed E-state index contributed by atoms with van der Waals surface area (Å²) in [7, 11) is 0. The van der Waals surface area contributed by atoms with Crippen molar-refractivity contribution < 1.29 is 9.18 Å². The Morgan fingerprint density at radius 2 is 1.93 bits per heavy atom. The quantitative estimate of drug-likeness (QED) is 0.640. The molecule has 4 rings (SSSR count). The Morgan fingerprint density at radius 1 is 1.17 bits per heavy atom. The number of benzene rings is 2. The molecule has 0 atom stereocenters. The van der Waals surface area contributed by atoms with Gasteiger partial charge in [-0.3, -0.25) is 4.79 Å². The van der Waals surface area contributed by atoms with Crippen LogP contribution in [0, 0.1) is 18.2 Å². The first-order valence-corrected chi connectivity index (χ1v) is 11.2. The molecule has 2 aromatic rings. The zero-order valence-corrected chi connectivity index (χ0v) is 18.6. The minimum atomic E-state index is -0.152. The normalized spacial score (nSPS) is 16.8. The number of carbonyl (C=O) groups excluding carboxylic acids is 1. The topological polar surface area (TPSA) is 32.3 Å². The summed E-state index contributed by atoms with van der Waals surface area (Å²) >= 11 is 0. The molecule has 2 aromatic carbocycles. The van der Waals surface area contributed by atoms with Gasteiger partial charge in [0.05, 0.1) is 0 Å². The highest BCUT2D eigenvalue weighted by molar-refractivity contribution is 5.93. The Hall–Kier alpha value is -2.36. The van der Waals surface area contributed by atoms with Crippen molar-refractivity contribution in [2.45, 2.75) is 72.3 Å². The lowest BCUT2D eigenvalue weighted by molar-refractivity contribution is -0.117. The molecule has 1 aliphatic carbocycles. The van der Waals surface area contributed by atoms with Gasteiger partial charge in [0, 0.05) is 30.9 Å². The zero-order valence-electron chi connectivity index (χ0n) is 18.6. The average Bonchev–Trinajstić information content (AvgIpc) is 2.61. The molecular weight excluding hydrogens is 375 g/mol. The second kappa shape index (κ2) is 8.05. The summed E-state index contributed by atoms with van der Waals surface area (Å²) < 4.78 is 13.6. The van der Waals surface area contributed by atoms with E-state index in [-0.39, 0.29) is 17.1 Å². The lowest BCUT2D eigenvalue weighted by atomic mass is 9.78. The van der Waals surface area contributed by atoms with Gasteiger partial charge < -0.3 is 10.2 Å². The van der Waals surface area contributed by atoms with Gasteiger partial charge in [-0.2, -0.15) is 0 Å². The lowest BCUT2D eigenvalue weighted by Gasteiger charge is -2.34. The minimum absolute atomic E-state index is 0.0325. The zero-order chi connectivity index (χ0) is 21.5. The highest BCUT2D eigenvalue weighted by Crippen LogP contribution is 2.43. The van der Waals surface area contributed by atoms with E-state index in [0.29, 0.717) is 12.3 Å². The molecule has 1 amide bonds. The molecule has 0 aromatic heterocycles. The van der Waals surface area contributed by atoms with Crippen LogP contribution in [0.25, 0.3) is 0 Å². The fourth-order valence-corrected chi connectivity index (χ4v) is 4.60. The molecule has 0 saturated heterocycles. The van der Waals surface area contributed by atoms with Crippen LogP contribution in [-0.2, 0) is 17.8 Å². The second-order valence-corrected chi connectivity index (χ2v) is 10.2. The molecule has 0 spiro atoms. The van der Waals surface area contributed by atoms with Gasteiger partial charge in [-0.05, 0) is 84.0 Å². The fraction of sp³-hybridized carbons (Fsp3) is 0.500. The van der Waals surface area contributed by atoms with Crippen LogP contribution in [0.1, 0.15) is 74.6 Å². The summed E-state index contributed by atoms with van der Waals surface area (Å²) in [6.45, 7) is 10.1. The molecule has 1 fully saturated rings. The monoisotopic (exact) mass is 408 g/mol. The smallest absolute Gasteiger partial charge is 0.224 e. The predicted octanol–water partition coefficient (Wildman–Crippen LogP) is 6.34. The molecule has 3 nitrogen and oxygen atoms in total. The van der Waals surface area contributed by atoms with Gasteiger partial charge in [0.15, 0.2) is 0 Å². The number of carbonyl (C=O) groups is 1. The van der Waals surface area contributed by atoms with E-state index in [4.69, 9.17) is 0 Å². The Bertz CT molecular complexity index is 956. The highest BCUT2D eigenvalue weighted by atomic mass is 19.1. The van der Waals surface area contributed by atoms with Crippen LogP contribution in [-0.4, -0.2) is 12.5 Å². The summed E-state index contributed by atoms with van der Waals surface area (Å²) in [5, 5.41) is 3.24. The van der Waals surface area contributed by atoms with Crippen LogP contribution >= 0.6 is 0 Å². The van der Waals surface area contributed by atoms with Crippen LogP contribution < -0.4 is 10.2 Å². The van der Waals surface area contributed by atoms with E-state index in [1.165, 1.54) is 36.1 Å². The lowest BCUT2D eigenvalue weighted by Crippen LogP contribution is -2.31. The van der Waals surface area contributed by atoms with Gasteiger partial charge in [-0.1, -0.05) is 33.3 Å². The molecular formula is C26H33FN2O. The standard InChI is InChI=1S/C26H33FN2O/c1-17-12-22(29-11-10-19-13-21(27)9-8-20(19)16-29)14-23(18-6-5-7-18)25(17)28-24(30)15-26(2,3)4/h8-9,12-14,18H,5-7,10-11,15-16H2,1-4H3,(H,28,30). The van der Waals surface area contributed by atoms with E-state index >= 15 is 0 Å². The molecule has 4 heteroatoms. The molecule has 0 bridgehead atoms. The maximum atomic E-state index is 13.6. The van der Waals surface area contributed by atoms with E-state index in [0.717, 1.165) is 36.3 Å². The van der Waals surface area contributed by atoms with Gasteiger partial charge in [0.1, 0.15) is 5.82 Å². The Labute approximate surface area is 179 Å². The van der Waals surface area contributed by atoms with Gasteiger partial charge in [-0.25, -0.2) is 4.39 Å². The third-order valence-electron chi connectivity index (χ3n) is 6.40. The maximum absolute atomic E-state index is 13.6. The summed E-state index contributed by atoms with van der Waals surface area (Å²) in [6, 6.07) is 9.63. The van der Waals surface area contributed by atoms with Crippen LogP contribution in [0.3, 0.4) is 0 Å². The number of anilines is 2. The van der Waals surface area contributed by atoms with Crippen molar-refractivity contribution in [1.82, 2.24) is 0 Å². The Kier molecular flexibility index (Phi) is 5.61. The van der Waals surface area contributed by atoms with E-state index < -0.39 is 0 Å². The molecule has 1 aliphatic heterocycles. The number of rotatable bonds is 4. The number of nitrogens with zero attached hydrogens (tertiary/aromatic N) is 1. The number of nitrogens with one attached hydrogen (secondary N) is 1. The molecule has 0 unspecified atom stereocenters. The van der Waals surface area contributed by atoms with E-state index in [1.807, 2.05) is 6.07 Å².